The van der Waals surface area contributed by atoms with Crippen molar-refractivity contribution in [2.45, 2.75) is 25.8 Å². The molecule has 1 aliphatic carbocycles. The van der Waals surface area contributed by atoms with Gasteiger partial charge in [0.1, 0.15) is 5.75 Å². The molecule has 17 heavy (non-hydrogen) atoms. The second kappa shape index (κ2) is 6.27. The fraction of sp³-hybridized carbons (Fsp3) is 0.571. The van der Waals surface area contributed by atoms with E-state index < -0.39 is 0 Å². The monoisotopic (exact) mass is 253 g/mol. The lowest BCUT2D eigenvalue weighted by Gasteiger charge is -2.17. The van der Waals surface area contributed by atoms with Gasteiger partial charge in [-0.05, 0) is 48.9 Å². The van der Waals surface area contributed by atoms with Crippen LogP contribution in [0.5, 0.6) is 5.75 Å². The zero-order chi connectivity index (χ0) is 12.1. The van der Waals surface area contributed by atoms with Crippen LogP contribution in [0, 0.1) is 11.8 Å². The molecule has 0 bridgehead atoms. The second-order valence-corrected chi connectivity index (χ2v) is 5.21. The van der Waals surface area contributed by atoms with Gasteiger partial charge in [-0.2, -0.15) is 0 Å². The number of nitrogens with one attached hydrogen (secondary N) is 1. The Morgan fingerprint density at radius 1 is 1.18 bits per heavy atom. The molecule has 3 heteroatoms. The molecule has 2 nitrogen and oxygen atoms in total. The Morgan fingerprint density at radius 3 is 2.59 bits per heavy atom. The third kappa shape index (κ3) is 3.62. The Balaban J connectivity index is 1.74. The number of alkyl halides is 1. The number of hydrogen-bond acceptors (Lipinski definition) is 2. The highest BCUT2D eigenvalue weighted by Gasteiger charge is 2.25. The lowest BCUT2D eigenvalue weighted by Crippen LogP contribution is -2.25. The lowest BCUT2D eigenvalue weighted by atomic mass is 9.98. The molecule has 2 N–H and O–H groups in total. The first-order valence-corrected chi connectivity index (χ1v) is 6.87. The predicted octanol–water partition coefficient (Wildman–Crippen LogP) is 3.14. The van der Waals surface area contributed by atoms with E-state index in [9.17, 15) is 5.11 Å². The van der Waals surface area contributed by atoms with Crippen LogP contribution in [0.25, 0.3) is 0 Å². The first kappa shape index (κ1) is 12.7. The molecule has 1 saturated carbocycles. The van der Waals surface area contributed by atoms with Crippen LogP contribution >= 0.6 is 11.6 Å². The maximum absolute atomic E-state index is 9.19. The number of phenolic OH excluding ortho intramolecular Hbond substituents is 1. The molecule has 2 unspecified atom stereocenters. The first-order valence-electron chi connectivity index (χ1n) is 6.34. The molecular weight excluding hydrogens is 234 g/mol. The smallest absolute Gasteiger partial charge is 0.115 e. The van der Waals surface area contributed by atoms with Crippen LogP contribution in [0.4, 0.5) is 0 Å². The van der Waals surface area contributed by atoms with Gasteiger partial charge in [0.15, 0.2) is 0 Å². The van der Waals surface area contributed by atoms with Crippen LogP contribution in [0.3, 0.4) is 0 Å². The molecule has 1 aromatic carbocycles. The van der Waals surface area contributed by atoms with E-state index in [0.29, 0.717) is 11.7 Å². The third-order valence-corrected chi connectivity index (χ3v) is 4.08. The molecule has 0 heterocycles. The Bertz CT molecular complexity index is 339. The van der Waals surface area contributed by atoms with Crippen LogP contribution in [0.15, 0.2) is 24.3 Å². The standard InChI is InChI=1S/C14H20ClNO/c15-8-12-2-1-3-13(12)10-16-9-11-4-6-14(17)7-5-11/h4-7,12-13,16-17H,1-3,8-10H2. The summed E-state index contributed by atoms with van der Waals surface area (Å²) in [6.07, 6.45) is 3.91. The minimum Gasteiger partial charge on any atom is -0.508 e. The van der Waals surface area contributed by atoms with E-state index in [1.165, 1.54) is 24.8 Å². The van der Waals surface area contributed by atoms with Crippen molar-refractivity contribution < 1.29 is 5.11 Å². The Morgan fingerprint density at radius 2 is 1.88 bits per heavy atom. The topological polar surface area (TPSA) is 32.3 Å². The molecule has 94 valence electrons. The first-order chi connectivity index (χ1) is 8.29. The number of benzene rings is 1. The van der Waals surface area contributed by atoms with Crippen molar-refractivity contribution in [3.05, 3.63) is 29.8 Å². The number of aromatic hydroxyl groups is 1. The van der Waals surface area contributed by atoms with E-state index in [-0.39, 0.29) is 0 Å². The van der Waals surface area contributed by atoms with Crippen LogP contribution in [0.2, 0.25) is 0 Å². The molecule has 2 atom stereocenters. The summed E-state index contributed by atoms with van der Waals surface area (Å²) in [5, 5.41) is 12.7. The zero-order valence-corrected chi connectivity index (χ0v) is 10.8. The fourth-order valence-corrected chi connectivity index (χ4v) is 3.01. The summed E-state index contributed by atoms with van der Waals surface area (Å²) in [7, 11) is 0. The van der Waals surface area contributed by atoms with Gasteiger partial charge in [0, 0.05) is 12.4 Å². The van der Waals surface area contributed by atoms with Crippen LogP contribution in [0.1, 0.15) is 24.8 Å². The fourth-order valence-electron chi connectivity index (χ4n) is 2.60. The predicted molar refractivity (Wildman–Crippen MR) is 71.4 cm³/mol. The van der Waals surface area contributed by atoms with Crippen molar-refractivity contribution in [2.24, 2.45) is 11.8 Å². The van der Waals surface area contributed by atoms with Gasteiger partial charge in [-0.1, -0.05) is 18.6 Å². The van der Waals surface area contributed by atoms with E-state index >= 15 is 0 Å². The SMILES string of the molecule is Oc1ccc(CNCC2CCCC2CCl)cc1. The summed E-state index contributed by atoms with van der Waals surface area (Å²) < 4.78 is 0. The van der Waals surface area contributed by atoms with Crippen molar-refractivity contribution in [3.8, 4) is 5.75 Å². The van der Waals surface area contributed by atoms with E-state index in [0.717, 1.165) is 24.9 Å². The molecule has 0 aromatic heterocycles. The van der Waals surface area contributed by atoms with Crippen molar-refractivity contribution in [1.29, 1.82) is 0 Å². The van der Waals surface area contributed by atoms with Gasteiger partial charge in [-0.25, -0.2) is 0 Å². The molecule has 0 aliphatic heterocycles. The van der Waals surface area contributed by atoms with Gasteiger partial charge in [-0.15, -0.1) is 11.6 Å². The average Bonchev–Trinajstić information content (AvgIpc) is 2.79. The molecular formula is C14H20ClNO. The van der Waals surface area contributed by atoms with Crippen LogP contribution in [-0.4, -0.2) is 17.5 Å². The Hall–Kier alpha value is -0.730. The zero-order valence-electron chi connectivity index (χ0n) is 10.0. The van der Waals surface area contributed by atoms with E-state index in [1.54, 1.807) is 12.1 Å². The van der Waals surface area contributed by atoms with Crippen molar-refractivity contribution >= 4 is 11.6 Å². The quantitative estimate of drug-likeness (QED) is 0.791. The highest BCUT2D eigenvalue weighted by Crippen LogP contribution is 2.31. The highest BCUT2D eigenvalue weighted by molar-refractivity contribution is 6.18. The summed E-state index contributed by atoms with van der Waals surface area (Å²) >= 11 is 5.96. The number of phenols is 1. The molecule has 1 aliphatic rings. The Labute approximate surface area is 108 Å². The largest absolute Gasteiger partial charge is 0.508 e. The number of halogens is 1. The normalized spacial score (nSPS) is 24.1. The third-order valence-electron chi connectivity index (χ3n) is 3.69. The van der Waals surface area contributed by atoms with Gasteiger partial charge in [0.05, 0.1) is 0 Å². The van der Waals surface area contributed by atoms with Gasteiger partial charge in [-0.3, -0.25) is 0 Å². The van der Waals surface area contributed by atoms with Gasteiger partial charge >= 0.3 is 0 Å². The maximum atomic E-state index is 9.19. The molecule has 1 fully saturated rings. The maximum Gasteiger partial charge on any atom is 0.115 e. The van der Waals surface area contributed by atoms with E-state index in [2.05, 4.69) is 5.32 Å². The van der Waals surface area contributed by atoms with E-state index in [1.807, 2.05) is 12.1 Å². The van der Waals surface area contributed by atoms with Crippen LogP contribution < -0.4 is 5.32 Å². The molecule has 0 radical (unpaired) electrons. The molecule has 0 saturated heterocycles. The summed E-state index contributed by atoms with van der Waals surface area (Å²) in [6.45, 7) is 1.92. The summed E-state index contributed by atoms with van der Waals surface area (Å²) in [4.78, 5) is 0. The lowest BCUT2D eigenvalue weighted by molar-refractivity contribution is 0.395. The molecule has 0 spiro atoms. The summed E-state index contributed by atoms with van der Waals surface area (Å²) in [5.74, 6) is 2.56. The van der Waals surface area contributed by atoms with Crippen molar-refractivity contribution in [3.63, 3.8) is 0 Å². The molecule has 0 amide bonds. The average molecular weight is 254 g/mol. The second-order valence-electron chi connectivity index (χ2n) is 4.90. The highest BCUT2D eigenvalue weighted by atomic mass is 35.5. The van der Waals surface area contributed by atoms with E-state index in [4.69, 9.17) is 11.6 Å². The summed E-state index contributed by atoms with van der Waals surface area (Å²) in [6, 6.07) is 7.37. The number of rotatable bonds is 5. The minimum absolute atomic E-state index is 0.326. The minimum atomic E-state index is 0.326. The molecule has 2 rings (SSSR count). The summed E-state index contributed by atoms with van der Waals surface area (Å²) in [5.41, 5.74) is 1.21. The van der Waals surface area contributed by atoms with Gasteiger partial charge < -0.3 is 10.4 Å². The Kier molecular flexibility index (Phi) is 4.69. The van der Waals surface area contributed by atoms with Crippen LogP contribution in [-0.2, 0) is 6.54 Å². The van der Waals surface area contributed by atoms with Gasteiger partial charge in [0.2, 0.25) is 0 Å². The van der Waals surface area contributed by atoms with Crippen molar-refractivity contribution in [1.82, 2.24) is 5.32 Å². The van der Waals surface area contributed by atoms with Crippen molar-refractivity contribution in [2.75, 3.05) is 12.4 Å². The number of hydrogen-bond donors (Lipinski definition) is 2. The molecule has 1 aromatic rings. The van der Waals surface area contributed by atoms with Gasteiger partial charge in [0.25, 0.3) is 0 Å².